The number of hydrogen-bond acceptors (Lipinski definition) is 4. The molecule has 7 heteroatoms. The first-order chi connectivity index (χ1) is 12.4. The molecule has 2 aliphatic rings. The summed E-state index contributed by atoms with van der Waals surface area (Å²) >= 11 is 0. The van der Waals surface area contributed by atoms with Gasteiger partial charge in [-0.15, -0.1) is 0 Å². The molecule has 0 unspecified atom stereocenters. The van der Waals surface area contributed by atoms with Crippen molar-refractivity contribution < 1.29 is 17.4 Å². The second-order valence-corrected chi connectivity index (χ2v) is 9.10. The summed E-state index contributed by atoms with van der Waals surface area (Å²) in [7, 11) is -3.48. The largest absolute Gasteiger partial charge is 0.361 e. The van der Waals surface area contributed by atoms with Gasteiger partial charge in [-0.05, 0) is 30.0 Å². The van der Waals surface area contributed by atoms with E-state index in [1.807, 2.05) is 17.9 Å². The number of fused-ring (bicyclic) bond motifs is 2. The summed E-state index contributed by atoms with van der Waals surface area (Å²) in [6.45, 7) is 2.56. The lowest BCUT2D eigenvalue weighted by Gasteiger charge is -2.47. The van der Waals surface area contributed by atoms with E-state index in [2.05, 4.69) is 23.3 Å². The summed E-state index contributed by atoms with van der Waals surface area (Å²) in [5.41, 5.74) is 3.64. The van der Waals surface area contributed by atoms with Gasteiger partial charge in [0.2, 0.25) is 5.91 Å². The molecule has 0 radical (unpaired) electrons. The topological polar surface area (TPSA) is 79.5 Å². The van der Waals surface area contributed by atoms with Gasteiger partial charge < -0.3 is 9.88 Å². The van der Waals surface area contributed by atoms with E-state index in [1.165, 1.54) is 16.5 Å². The average molecular weight is 376 g/mol. The van der Waals surface area contributed by atoms with E-state index >= 15 is 0 Å². The Morgan fingerprint density at radius 3 is 2.92 bits per heavy atom. The maximum absolute atomic E-state index is 12.6. The molecule has 4 rings (SSSR count). The van der Waals surface area contributed by atoms with Gasteiger partial charge in [-0.3, -0.25) is 8.98 Å². The first-order valence-electron chi connectivity index (χ1n) is 9.10. The lowest BCUT2D eigenvalue weighted by atomic mass is 9.72. The van der Waals surface area contributed by atoms with E-state index in [1.54, 1.807) is 0 Å². The summed E-state index contributed by atoms with van der Waals surface area (Å²) in [5, 5.41) is 1.27. The predicted octanol–water partition coefficient (Wildman–Crippen LogP) is 2.41. The van der Waals surface area contributed by atoms with Gasteiger partial charge in [-0.1, -0.05) is 19.1 Å². The molecule has 140 valence electrons. The molecule has 1 aromatic carbocycles. The van der Waals surface area contributed by atoms with Crippen molar-refractivity contribution >= 4 is 26.9 Å². The minimum atomic E-state index is -3.48. The van der Waals surface area contributed by atoms with Crippen LogP contribution in [0.4, 0.5) is 0 Å². The lowest BCUT2D eigenvalue weighted by Crippen LogP contribution is -2.53. The number of likely N-dealkylation sites (tertiary alicyclic amines) is 1. The Hall–Kier alpha value is -1.86. The van der Waals surface area contributed by atoms with E-state index in [0.717, 1.165) is 24.6 Å². The molecule has 0 saturated carbocycles. The van der Waals surface area contributed by atoms with E-state index in [9.17, 15) is 13.2 Å². The van der Waals surface area contributed by atoms with Crippen molar-refractivity contribution in [1.82, 2.24) is 9.88 Å². The molecule has 2 heterocycles. The van der Waals surface area contributed by atoms with Crippen LogP contribution >= 0.6 is 0 Å². The summed E-state index contributed by atoms with van der Waals surface area (Å²) in [4.78, 5) is 17.9. The Kier molecular flexibility index (Phi) is 4.31. The Morgan fingerprint density at radius 2 is 2.19 bits per heavy atom. The molecule has 1 aliphatic heterocycles. The molecule has 1 N–H and O–H groups in total. The van der Waals surface area contributed by atoms with Gasteiger partial charge in [0.25, 0.3) is 10.1 Å². The average Bonchev–Trinajstić information content (AvgIpc) is 3.03. The normalized spacial score (nSPS) is 25.3. The fourth-order valence-electron chi connectivity index (χ4n) is 4.62. The van der Waals surface area contributed by atoms with Crippen molar-refractivity contribution in [2.24, 2.45) is 5.92 Å². The smallest absolute Gasteiger partial charge is 0.264 e. The second-order valence-electron chi connectivity index (χ2n) is 7.45. The molecule has 0 spiro atoms. The highest BCUT2D eigenvalue weighted by atomic mass is 32.2. The zero-order chi connectivity index (χ0) is 18.5. The molecule has 26 heavy (non-hydrogen) atoms. The van der Waals surface area contributed by atoms with Gasteiger partial charge in [-0.25, -0.2) is 0 Å². The number of amides is 1. The molecule has 1 saturated heterocycles. The number of nitrogens with zero attached hydrogens (tertiary/aromatic N) is 1. The van der Waals surface area contributed by atoms with Crippen molar-refractivity contribution in [2.75, 3.05) is 19.4 Å². The SMILES string of the molecule is CCC(=O)N1C[C@H](COS(C)(=O)=O)C[C@@H]2c3cccc4[nH]cc(c34)C[C@H]21. The fraction of sp³-hybridized carbons (Fsp3) is 0.526. The quantitative estimate of drug-likeness (QED) is 0.831. The van der Waals surface area contributed by atoms with Crippen molar-refractivity contribution in [2.45, 2.75) is 38.1 Å². The molecule has 3 atom stereocenters. The van der Waals surface area contributed by atoms with Gasteiger partial charge in [0, 0.05) is 47.9 Å². The first kappa shape index (κ1) is 17.5. The molecule has 2 aromatic rings. The third-order valence-corrected chi connectivity index (χ3v) is 6.26. The van der Waals surface area contributed by atoms with Crippen LogP contribution in [0, 0.1) is 5.92 Å². The highest BCUT2D eigenvalue weighted by molar-refractivity contribution is 7.85. The number of carbonyl (C=O) groups is 1. The third-order valence-electron chi connectivity index (χ3n) is 5.70. The molecule has 1 fully saturated rings. The maximum atomic E-state index is 12.6. The van der Waals surface area contributed by atoms with Crippen molar-refractivity contribution in [3.05, 3.63) is 35.5 Å². The van der Waals surface area contributed by atoms with Crippen LogP contribution in [0.5, 0.6) is 0 Å². The van der Waals surface area contributed by atoms with Crippen LogP contribution in [-0.2, 0) is 25.5 Å². The van der Waals surface area contributed by atoms with Gasteiger partial charge in [0.15, 0.2) is 0 Å². The number of piperidine rings is 1. The van der Waals surface area contributed by atoms with E-state index in [0.29, 0.717) is 13.0 Å². The number of carbonyl (C=O) groups excluding carboxylic acids is 1. The number of aromatic nitrogens is 1. The molecular weight excluding hydrogens is 352 g/mol. The van der Waals surface area contributed by atoms with Crippen LogP contribution in [0.25, 0.3) is 10.9 Å². The monoisotopic (exact) mass is 376 g/mol. The summed E-state index contributed by atoms with van der Waals surface area (Å²) < 4.78 is 27.9. The van der Waals surface area contributed by atoms with Crippen molar-refractivity contribution in [1.29, 1.82) is 0 Å². The zero-order valence-corrected chi connectivity index (χ0v) is 15.9. The van der Waals surface area contributed by atoms with Crippen molar-refractivity contribution in [3.8, 4) is 0 Å². The summed E-state index contributed by atoms with van der Waals surface area (Å²) in [6.07, 6.45) is 5.25. The van der Waals surface area contributed by atoms with E-state index in [-0.39, 0.29) is 30.4 Å². The lowest BCUT2D eigenvalue weighted by molar-refractivity contribution is -0.136. The number of hydrogen-bond donors (Lipinski definition) is 1. The van der Waals surface area contributed by atoms with Crippen LogP contribution in [-0.4, -0.2) is 49.7 Å². The molecule has 0 bridgehead atoms. The van der Waals surface area contributed by atoms with E-state index < -0.39 is 10.1 Å². The van der Waals surface area contributed by atoms with Crippen LogP contribution in [0.1, 0.15) is 36.8 Å². The van der Waals surface area contributed by atoms with Gasteiger partial charge in [-0.2, -0.15) is 8.42 Å². The van der Waals surface area contributed by atoms with Crippen molar-refractivity contribution in [3.63, 3.8) is 0 Å². The third kappa shape index (κ3) is 3.03. The molecule has 1 aromatic heterocycles. The molecule has 1 aliphatic carbocycles. The Bertz CT molecular complexity index is 950. The Balaban J connectivity index is 1.71. The summed E-state index contributed by atoms with van der Waals surface area (Å²) in [6, 6.07) is 6.39. The van der Waals surface area contributed by atoms with E-state index in [4.69, 9.17) is 4.18 Å². The van der Waals surface area contributed by atoms with Crippen LogP contribution in [0.15, 0.2) is 24.4 Å². The van der Waals surface area contributed by atoms with Crippen LogP contribution in [0.3, 0.4) is 0 Å². The zero-order valence-electron chi connectivity index (χ0n) is 15.1. The predicted molar refractivity (Wildman–Crippen MR) is 99.4 cm³/mol. The Morgan fingerprint density at radius 1 is 1.38 bits per heavy atom. The highest BCUT2D eigenvalue weighted by Gasteiger charge is 2.42. The number of nitrogens with one attached hydrogen (secondary N) is 1. The van der Waals surface area contributed by atoms with Crippen LogP contribution < -0.4 is 0 Å². The summed E-state index contributed by atoms with van der Waals surface area (Å²) in [5.74, 6) is 0.340. The standard InChI is InChI=1S/C19H24N2O4S/c1-3-18(22)21-10-12(11-25-26(2,23)24)7-15-14-5-4-6-16-19(14)13(9-20-16)8-17(15)21/h4-6,9,12,15,17,20H,3,7-8,10-11H2,1-2H3/t12-,15-,17-/m1/s1. The minimum Gasteiger partial charge on any atom is -0.361 e. The fourth-order valence-corrected chi connectivity index (χ4v) is 5.06. The maximum Gasteiger partial charge on any atom is 0.264 e. The van der Waals surface area contributed by atoms with Crippen LogP contribution in [0.2, 0.25) is 0 Å². The minimum absolute atomic E-state index is 0.0113. The number of rotatable bonds is 4. The molecule has 1 amide bonds. The van der Waals surface area contributed by atoms with Gasteiger partial charge in [0.1, 0.15) is 0 Å². The highest BCUT2D eigenvalue weighted by Crippen LogP contribution is 2.45. The number of aromatic amines is 1. The molecular formula is C19H24N2O4S. The second kappa shape index (κ2) is 6.39. The first-order valence-corrected chi connectivity index (χ1v) is 10.9. The Labute approximate surface area is 153 Å². The number of benzene rings is 1. The number of H-pyrrole nitrogens is 1. The van der Waals surface area contributed by atoms with Gasteiger partial charge in [0.05, 0.1) is 12.9 Å². The molecule has 6 nitrogen and oxygen atoms in total. The van der Waals surface area contributed by atoms with Gasteiger partial charge >= 0.3 is 0 Å².